The third kappa shape index (κ3) is 4.81. The number of rotatable bonds is 5. The number of hydrogen-bond acceptors (Lipinski definition) is 5. The molecule has 0 aliphatic rings. The van der Waals surface area contributed by atoms with Crippen LogP contribution in [0, 0.1) is 0 Å². The average Bonchev–Trinajstić information content (AvgIpc) is 2.29. The van der Waals surface area contributed by atoms with E-state index in [9.17, 15) is 23.4 Å². The van der Waals surface area contributed by atoms with Gasteiger partial charge in [-0.3, -0.25) is 0 Å². The molecule has 0 saturated heterocycles. The number of aliphatic hydroxyl groups excluding tert-OH is 2. The van der Waals surface area contributed by atoms with E-state index in [4.69, 9.17) is 5.73 Å². The number of hydrogen-bond donors (Lipinski definition) is 4. The number of thiol groups is 1. The SMILES string of the molecule is Nc1ccc(OC(F)(F)F)c(C(O)C(O)CCS)c1. The van der Waals surface area contributed by atoms with Crippen molar-refractivity contribution in [3.63, 3.8) is 0 Å². The van der Waals surface area contributed by atoms with Crippen LogP contribution >= 0.6 is 12.6 Å². The minimum atomic E-state index is -4.89. The molecular formula is C11H14F3NO3S. The number of nitrogens with two attached hydrogens (primary N) is 1. The Labute approximate surface area is 113 Å². The number of halogens is 3. The van der Waals surface area contributed by atoms with E-state index in [2.05, 4.69) is 17.4 Å². The third-order valence-corrected chi connectivity index (χ3v) is 2.63. The van der Waals surface area contributed by atoms with Crippen molar-refractivity contribution in [3.05, 3.63) is 23.8 Å². The fourth-order valence-electron chi connectivity index (χ4n) is 1.51. The fraction of sp³-hybridized carbons (Fsp3) is 0.455. The van der Waals surface area contributed by atoms with E-state index in [0.717, 1.165) is 12.1 Å². The molecule has 108 valence electrons. The topological polar surface area (TPSA) is 75.7 Å². The third-order valence-electron chi connectivity index (χ3n) is 2.37. The summed E-state index contributed by atoms with van der Waals surface area (Å²) < 4.78 is 40.5. The summed E-state index contributed by atoms with van der Waals surface area (Å²) in [5, 5.41) is 19.4. The Morgan fingerprint density at radius 1 is 1.32 bits per heavy atom. The van der Waals surface area contributed by atoms with Gasteiger partial charge in [0.05, 0.1) is 6.10 Å². The van der Waals surface area contributed by atoms with Crippen LogP contribution in [0.4, 0.5) is 18.9 Å². The Balaban J connectivity index is 3.06. The molecule has 2 unspecified atom stereocenters. The molecule has 1 aromatic carbocycles. The average molecular weight is 297 g/mol. The highest BCUT2D eigenvalue weighted by Gasteiger charge is 2.33. The second-order valence-corrected chi connectivity index (χ2v) is 4.32. The van der Waals surface area contributed by atoms with Crippen LogP contribution in [-0.2, 0) is 0 Å². The first-order valence-corrected chi connectivity index (χ1v) is 6.00. The van der Waals surface area contributed by atoms with Crippen molar-refractivity contribution in [2.75, 3.05) is 11.5 Å². The van der Waals surface area contributed by atoms with Crippen molar-refractivity contribution in [2.24, 2.45) is 0 Å². The van der Waals surface area contributed by atoms with Crippen molar-refractivity contribution >= 4 is 18.3 Å². The molecule has 8 heteroatoms. The Kier molecular flexibility index (Phi) is 5.33. The fourth-order valence-corrected chi connectivity index (χ4v) is 1.78. The van der Waals surface area contributed by atoms with Gasteiger partial charge < -0.3 is 20.7 Å². The van der Waals surface area contributed by atoms with Gasteiger partial charge in [-0.2, -0.15) is 12.6 Å². The minimum Gasteiger partial charge on any atom is -0.405 e. The highest BCUT2D eigenvalue weighted by atomic mass is 32.1. The van der Waals surface area contributed by atoms with Gasteiger partial charge in [-0.05, 0) is 30.4 Å². The summed E-state index contributed by atoms with van der Waals surface area (Å²) in [4.78, 5) is 0. The van der Waals surface area contributed by atoms with E-state index >= 15 is 0 Å². The quantitative estimate of drug-likeness (QED) is 0.494. The zero-order chi connectivity index (χ0) is 14.6. The molecule has 0 aliphatic carbocycles. The van der Waals surface area contributed by atoms with E-state index in [-0.39, 0.29) is 23.4 Å². The van der Waals surface area contributed by atoms with E-state index in [1.807, 2.05) is 0 Å². The molecule has 0 spiro atoms. The molecule has 0 fully saturated rings. The summed E-state index contributed by atoms with van der Waals surface area (Å²) in [6, 6.07) is 3.34. The first-order valence-electron chi connectivity index (χ1n) is 5.36. The summed E-state index contributed by atoms with van der Waals surface area (Å²) in [6.07, 6.45) is -7.56. The van der Waals surface area contributed by atoms with Crippen molar-refractivity contribution < 1.29 is 28.1 Å². The molecule has 0 aliphatic heterocycles. The molecular weight excluding hydrogens is 283 g/mol. The maximum atomic E-state index is 12.2. The van der Waals surface area contributed by atoms with Gasteiger partial charge in [-0.25, -0.2) is 0 Å². The maximum absolute atomic E-state index is 12.2. The molecule has 0 heterocycles. The molecule has 2 atom stereocenters. The van der Waals surface area contributed by atoms with Crippen LogP contribution in [0.15, 0.2) is 18.2 Å². The highest BCUT2D eigenvalue weighted by molar-refractivity contribution is 7.80. The monoisotopic (exact) mass is 297 g/mol. The van der Waals surface area contributed by atoms with Gasteiger partial charge in [0.15, 0.2) is 0 Å². The zero-order valence-corrected chi connectivity index (χ0v) is 10.7. The number of aliphatic hydroxyl groups is 2. The van der Waals surface area contributed by atoms with Gasteiger partial charge in [0.25, 0.3) is 0 Å². The normalized spacial score (nSPS) is 15.1. The lowest BCUT2D eigenvalue weighted by Crippen LogP contribution is -2.23. The Morgan fingerprint density at radius 3 is 2.47 bits per heavy atom. The van der Waals surface area contributed by atoms with Crippen LogP contribution in [0.1, 0.15) is 18.1 Å². The lowest BCUT2D eigenvalue weighted by molar-refractivity contribution is -0.275. The van der Waals surface area contributed by atoms with Gasteiger partial charge in [0.1, 0.15) is 11.9 Å². The van der Waals surface area contributed by atoms with Crippen LogP contribution in [0.5, 0.6) is 5.75 Å². The lowest BCUT2D eigenvalue weighted by Gasteiger charge is -2.21. The number of nitrogen functional groups attached to an aromatic ring is 1. The van der Waals surface area contributed by atoms with Gasteiger partial charge in [0, 0.05) is 11.3 Å². The highest BCUT2D eigenvalue weighted by Crippen LogP contribution is 2.33. The summed E-state index contributed by atoms with van der Waals surface area (Å²) >= 11 is 3.87. The largest absolute Gasteiger partial charge is 0.573 e. The predicted molar refractivity (Wildman–Crippen MR) is 67.0 cm³/mol. The van der Waals surface area contributed by atoms with Crippen molar-refractivity contribution in [1.29, 1.82) is 0 Å². The Morgan fingerprint density at radius 2 is 1.95 bits per heavy atom. The second-order valence-electron chi connectivity index (χ2n) is 3.87. The molecule has 0 bridgehead atoms. The number of benzene rings is 1. The summed E-state index contributed by atoms with van der Waals surface area (Å²) in [7, 11) is 0. The van der Waals surface area contributed by atoms with E-state index in [0.29, 0.717) is 0 Å². The molecule has 19 heavy (non-hydrogen) atoms. The van der Waals surface area contributed by atoms with Gasteiger partial charge in [0.2, 0.25) is 0 Å². The molecule has 0 aromatic heterocycles. The number of anilines is 1. The van der Waals surface area contributed by atoms with Gasteiger partial charge in [-0.1, -0.05) is 0 Å². The summed E-state index contributed by atoms with van der Waals surface area (Å²) in [6.45, 7) is 0. The van der Waals surface area contributed by atoms with Crippen LogP contribution < -0.4 is 10.5 Å². The van der Waals surface area contributed by atoms with Crippen molar-refractivity contribution in [1.82, 2.24) is 0 Å². The first-order chi connectivity index (χ1) is 8.74. The van der Waals surface area contributed by atoms with Crippen molar-refractivity contribution in [3.8, 4) is 5.75 Å². The number of ether oxygens (including phenoxy) is 1. The van der Waals surface area contributed by atoms with Gasteiger partial charge in [-0.15, -0.1) is 13.2 Å². The maximum Gasteiger partial charge on any atom is 0.573 e. The predicted octanol–water partition coefficient (Wildman–Crippen LogP) is 1.88. The van der Waals surface area contributed by atoms with Gasteiger partial charge >= 0.3 is 6.36 Å². The standard InChI is InChI=1S/C11H14F3NO3S/c12-11(13,14)18-9-2-1-6(15)5-7(9)10(17)8(16)3-4-19/h1-2,5,8,10,16-17,19H,3-4,15H2. The lowest BCUT2D eigenvalue weighted by atomic mass is 10.0. The smallest absolute Gasteiger partial charge is 0.405 e. The summed E-state index contributed by atoms with van der Waals surface area (Å²) in [5.41, 5.74) is 5.40. The Bertz CT molecular complexity index is 428. The Hall–Kier alpha value is -1.12. The second kappa shape index (κ2) is 6.36. The molecule has 4 nitrogen and oxygen atoms in total. The molecule has 1 aromatic rings. The molecule has 1 rings (SSSR count). The van der Waals surface area contributed by atoms with Crippen LogP contribution in [0.2, 0.25) is 0 Å². The van der Waals surface area contributed by atoms with E-state index in [1.54, 1.807) is 0 Å². The first kappa shape index (κ1) is 15.9. The molecule has 0 saturated carbocycles. The van der Waals surface area contributed by atoms with Crippen LogP contribution in [-0.4, -0.2) is 28.4 Å². The molecule has 0 amide bonds. The summed E-state index contributed by atoms with van der Waals surface area (Å²) in [5.74, 6) is -0.317. The minimum absolute atomic E-state index is 0.116. The molecule has 0 radical (unpaired) electrons. The number of alkyl halides is 3. The van der Waals surface area contributed by atoms with Crippen LogP contribution in [0.25, 0.3) is 0 Å². The molecule has 4 N–H and O–H groups in total. The van der Waals surface area contributed by atoms with Crippen LogP contribution in [0.3, 0.4) is 0 Å². The zero-order valence-electron chi connectivity index (χ0n) is 9.76. The van der Waals surface area contributed by atoms with E-state index in [1.165, 1.54) is 6.07 Å². The van der Waals surface area contributed by atoms with E-state index < -0.39 is 24.3 Å². The van der Waals surface area contributed by atoms with Crippen molar-refractivity contribution in [2.45, 2.75) is 25.0 Å².